The number of nitrogens with zero attached hydrogens (tertiary/aromatic N) is 1. The predicted molar refractivity (Wildman–Crippen MR) is 95.6 cm³/mol. The third kappa shape index (κ3) is 4.19. The van der Waals surface area contributed by atoms with Crippen molar-refractivity contribution in [3.63, 3.8) is 0 Å². The maximum Gasteiger partial charge on any atom is 0.416 e. The number of amides is 1. The Kier molecular flexibility index (Phi) is 5.43. The highest BCUT2D eigenvalue weighted by molar-refractivity contribution is 6.06. The van der Waals surface area contributed by atoms with E-state index in [2.05, 4.69) is 10.5 Å². The molecule has 0 aliphatic carbocycles. The first-order chi connectivity index (χ1) is 13.3. The lowest BCUT2D eigenvalue weighted by Gasteiger charge is -2.12. The number of carbonyl (C=O) groups excluding carboxylic acids is 1. The van der Waals surface area contributed by atoms with E-state index < -0.39 is 23.8 Å². The number of hydrogen-bond donors (Lipinski definition) is 1. The van der Waals surface area contributed by atoms with E-state index in [-0.39, 0.29) is 12.1 Å². The number of methoxy groups -OCH3 is 2. The molecule has 9 heteroatoms. The monoisotopic (exact) mass is 394 g/mol. The summed E-state index contributed by atoms with van der Waals surface area (Å²) in [5.74, 6) is 0.461. The van der Waals surface area contributed by atoms with Gasteiger partial charge in [0, 0.05) is 17.7 Å². The molecule has 2 aromatic carbocycles. The molecule has 28 heavy (non-hydrogen) atoms. The lowest BCUT2D eigenvalue weighted by Crippen LogP contribution is -2.28. The summed E-state index contributed by atoms with van der Waals surface area (Å²) < 4.78 is 48.8. The van der Waals surface area contributed by atoms with Gasteiger partial charge in [-0.3, -0.25) is 4.79 Å². The number of alkyl halides is 3. The van der Waals surface area contributed by atoms with E-state index in [1.54, 1.807) is 18.2 Å². The zero-order chi connectivity index (χ0) is 20.3. The number of halogens is 3. The molecule has 2 aromatic rings. The fourth-order valence-corrected chi connectivity index (χ4v) is 2.70. The van der Waals surface area contributed by atoms with Gasteiger partial charge in [0.25, 0.3) is 5.91 Å². The number of nitrogens with one attached hydrogen (secondary N) is 1. The van der Waals surface area contributed by atoms with Crippen LogP contribution < -0.4 is 14.8 Å². The Morgan fingerprint density at radius 3 is 2.57 bits per heavy atom. The van der Waals surface area contributed by atoms with Crippen molar-refractivity contribution in [2.75, 3.05) is 19.5 Å². The topological polar surface area (TPSA) is 69.2 Å². The van der Waals surface area contributed by atoms with E-state index in [9.17, 15) is 18.0 Å². The van der Waals surface area contributed by atoms with Crippen LogP contribution in [0, 0.1) is 0 Å². The minimum Gasteiger partial charge on any atom is -0.493 e. The highest BCUT2D eigenvalue weighted by Crippen LogP contribution is 2.31. The van der Waals surface area contributed by atoms with Crippen LogP contribution >= 0.6 is 0 Å². The fraction of sp³-hybridized carbons (Fsp3) is 0.263. The molecular formula is C19H17F3N2O4. The third-order valence-corrected chi connectivity index (χ3v) is 4.14. The second kappa shape index (κ2) is 7.79. The predicted octanol–water partition coefficient (Wildman–Crippen LogP) is 3.85. The van der Waals surface area contributed by atoms with Crippen molar-refractivity contribution in [2.24, 2.45) is 5.16 Å². The van der Waals surface area contributed by atoms with E-state index in [1.165, 1.54) is 26.4 Å². The number of anilines is 1. The Balaban J connectivity index is 1.67. The van der Waals surface area contributed by atoms with Gasteiger partial charge < -0.3 is 19.6 Å². The second-order valence-corrected chi connectivity index (χ2v) is 5.97. The van der Waals surface area contributed by atoms with Crippen LogP contribution in [0.2, 0.25) is 0 Å². The van der Waals surface area contributed by atoms with E-state index in [0.717, 1.165) is 12.1 Å². The maximum atomic E-state index is 12.8. The van der Waals surface area contributed by atoms with Gasteiger partial charge in [0.1, 0.15) is 0 Å². The Morgan fingerprint density at radius 1 is 1.14 bits per heavy atom. The van der Waals surface area contributed by atoms with Crippen molar-refractivity contribution in [3.8, 4) is 11.5 Å². The molecule has 0 unspecified atom stereocenters. The first-order valence-electron chi connectivity index (χ1n) is 8.25. The van der Waals surface area contributed by atoms with Crippen molar-refractivity contribution in [1.29, 1.82) is 0 Å². The van der Waals surface area contributed by atoms with Crippen molar-refractivity contribution < 1.29 is 32.3 Å². The minimum absolute atomic E-state index is 0.0305. The van der Waals surface area contributed by atoms with Crippen LogP contribution in [0.4, 0.5) is 18.9 Å². The first kappa shape index (κ1) is 19.5. The number of oxime groups is 1. The third-order valence-electron chi connectivity index (χ3n) is 4.14. The van der Waals surface area contributed by atoms with Crippen molar-refractivity contribution >= 4 is 17.3 Å². The maximum absolute atomic E-state index is 12.8. The lowest BCUT2D eigenvalue weighted by atomic mass is 10.0. The molecule has 6 nitrogen and oxygen atoms in total. The highest BCUT2D eigenvalue weighted by atomic mass is 19.4. The summed E-state index contributed by atoms with van der Waals surface area (Å²) in [5.41, 5.74) is 0.389. The Morgan fingerprint density at radius 2 is 1.89 bits per heavy atom. The molecular weight excluding hydrogens is 377 g/mol. The second-order valence-electron chi connectivity index (χ2n) is 5.97. The van der Waals surface area contributed by atoms with Gasteiger partial charge in [0.15, 0.2) is 11.5 Å². The number of rotatable bonds is 5. The number of ether oxygens (including phenoxy) is 2. The summed E-state index contributed by atoms with van der Waals surface area (Å²) >= 11 is 0. The molecule has 0 fully saturated rings. The minimum atomic E-state index is -4.49. The van der Waals surface area contributed by atoms with Crippen LogP contribution in [0.25, 0.3) is 0 Å². The summed E-state index contributed by atoms with van der Waals surface area (Å²) in [6.45, 7) is 0. The summed E-state index contributed by atoms with van der Waals surface area (Å²) in [5, 5.41) is 6.34. The van der Waals surface area contributed by atoms with Crippen molar-refractivity contribution in [3.05, 3.63) is 53.6 Å². The summed E-state index contributed by atoms with van der Waals surface area (Å²) in [7, 11) is 3.02. The molecule has 1 aliphatic heterocycles. The molecule has 148 valence electrons. The average molecular weight is 394 g/mol. The van der Waals surface area contributed by atoms with Crippen molar-refractivity contribution in [2.45, 2.75) is 18.7 Å². The number of hydrogen-bond acceptors (Lipinski definition) is 5. The Labute approximate surface area is 158 Å². The highest BCUT2D eigenvalue weighted by Gasteiger charge is 2.32. The molecule has 0 saturated heterocycles. The molecule has 0 spiro atoms. The molecule has 3 rings (SSSR count). The van der Waals surface area contributed by atoms with E-state index in [1.807, 2.05) is 0 Å². The molecule has 0 saturated carbocycles. The van der Waals surface area contributed by atoms with Gasteiger partial charge in [0.05, 0.1) is 25.5 Å². The zero-order valence-electron chi connectivity index (χ0n) is 15.0. The molecule has 1 aliphatic rings. The molecule has 0 aromatic heterocycles. The number of carbonyl (C=O) groups is 1. The summed E-state index contributed by atoms with van der Waals surface area (Å²) in [6.07, 6.45) is -5.27. The smallest absolute Gasteiger partial charge is 0.416 e. The van der Waals surface area contributed by atoms with Crippen molar-refractivity contribution in [1.82, 2.24) is 0 Å². The van der Waals surface area contributed by atoms with Gasteiger partial charge in [-0.15, -0.1) is 0 Å². The van der Waals surface area contributed by atoms with Gasteiger partial charge in [-0.2, -0.15) is 13.2 Å². The molecule has 0 radical (unpaired) electrons. The molecule has 1 amide bonds. The van der Waals surface area contributed by atoms with E-state index in [4.69, 9.17) is 14.3 Å². The number of benzene rings is 2. The van der Waals surface area contributed by atoms with Gasteiger partial charge in [0.2, 0.25) is 6.10 Å². The van der Waals surface area contributed by atoms with Crippen LogP contribution in [-0.4, -0.2) is 31.9 Å². The van der Waals surface area contributed by atoms with E-state index >= 15 is 0 Å². The van der Waals surface area contributed by atoms with Crippen LogP contribution in [0.5, 0.6) is 11.5 Å². The normalized spacial score (nSPS) is 16.2. The summed E-state index contributed by atoms with van der Waals surface area (Å²) in [4.78, 5) is 17.5. The van der Waals surface area contributed by atoms with Gasteiger partial charge in [-0.1, -0.05) is 11.2 Å². The van der Waals surface area contributed by atoms with Crippen LogP contribution in [0.3, 0.4) is 0 Å². The molecule has 1 atom stereocenters. The van der Waals surface area contributed by atoms with Gasteiger partial charge in [-0.05, 0) is 36.4 Å². The molecule has 1 N–H and O–H groups in total. The average Bonchev–Trinajstić information content (AvgIpc) is 3.17. The van der Waals surface area contributed by atoms with Crippen LogP contribution in [-0.2, 0) is 15.8 Å². The van der Waals surface area contributed by atoms with Gasteiger partial charge in [-0.25, -0.2) is 0 Å². The molecule has 0 bridgehead atoms. The largest absolute Gasteiger partial charge is 0.493 e. The first-order valence-corrected chi connectivity index (χ1v) is 8.25. The molecule has 1 heterocycles. The fourth-order valence-electron chi connectivity index (χ4n) is 2.70. The quantitative estimate of drug-likeness (QED) is 0.836. The zero-order valence-corrected chi connectivity index (χ0v) is 15.0. The Bertz CT molecular complexity index is 912. The standard InChI is InChI=1S/C19H17F3N2O4/c1-26-15-7-6-11(8-16(15)27-2)14-10-17(28-24-14)18(25)23-13-5-3-4-12(9-13)19(20,21)22/h3-9,17H,10H2,1-2H3,(H,23,25)/t17-/m0/s1. The van der Waals surface area contributed by atoms with E-state index in [0.29, 0.717) is 22.8 Å². The lowest BCUT2D eigenvalue weighted by molar-refractivity contribution is -0.137. The van der Waals surface area contributed by atoms with Gasteiger partial charge >= 0.3 is 6.18 Å². The van der Waals surface area contributed by atoms with Crippen LogP contribution in [0.1, 0.15) is 17.5 Å². The SMILES string of the molecule is COc1ccc(C2=NO[C@H](C(=O)Nc3cccc(C(F)(F)F)c3)C2)cc1OC. The Hall–Kier alpha value is -3.23. The summed E-state index contributed by atoms with van der Waals surface area (Å²) in [6, 6.07) is 9.54. The van der Waals surface area contributed by atoms with Crippen LogP contribution in [0.15, 0.2) is 47.6 Å².